The highest BCUT2D eigenvalue weighted by Crippen LogP contribution is 2.39. The zero-order valence-corrected chi connectivity index (χ0v) is 18.5. The minimum Gasteiger partial charge on any atom is -0.507 e. The quantitative estimate of drug-likeness (QED) is 0.580. The Labute approximate surface area is 183 Å². The first kappa shape index (κ1) is 23.6. The summed E-state index contributed by atoms with van der Waals surface area (Å²) in [6, 6.07) is 2.99. The summed E-state index contributed by atoms with van der Waals surface area (Å²) in [4.78, 5) is 35.0. The first-order chi connectivity index (χ1) is 14.8. The van der Waals surface area contributed by atoms with Crippen molar-refractivity contribution in [3.8, 4) is 11.5 Å². The summed E-state index contributed by atoms with van der Waals surface area (Å²) in [7, 11) is 0. The Hall–Kier alpha value is -3.11. The lowest BCUT2D eigenvalue weighted by atomic mass is 9.82. The number of hydrogen-bond donors (Lipinski definition) is 3. The van der Waals surface area contributed by atoms with Gasteiger partial charge in [-0.3, -0.25) is 4.79 Å². The Bertz CT molecular complexity index is 1120. The first-order valence-corrected chi connectivity index (χ1v) is 10.1. The fourth-order valence-electron chi connectivity index (χ4n) is 3.79. The minimum atomic E-state index is -1.35. The molecule has 1 unspecified atom stereocenters. The maximum Gasteiger partial charge on any atom is 0.404 e. The monoisotopic (exact) mass is 449 g/mol. The van der Waals surface area contributed by atoms with Gasteiger partial charge in [0.2, 0.25) is 6.29 Å². The van der Waals surface area contributed by atoms with Crippen LogP contribution in [0.5, 0.6) is 11.5 Å². The van der Waals surface area contributed by atoms with Crippen LogP contribution in [0.3, 0.4) is 0 Å². The molecule has 0 saturated carbocycles. The number of aryl methyl sites for hydroxylation is 1. The maximum absolute atomic E-state index is 12.3. The van der Waals surface area contributed by atoms with Crippen molar-refractivity contribution in [3.05, 3.63) is 33.7 Å². The molecule has 2 aromatic rings. The van der Waals surface area contributed by atoms with E-state index in [2.05, 4.69) is 0 Å². The number of nitrogens with two attached hydrogens (primary N) is 1. The molecule has 1 saturated heterocycles. The first-order valence-electron chi connectivity index (χ1n) is 10.1. The second-order valence-corrected chi connectivity index (χ2v) is 8.55. The number of amides is 1. The van der Waals surface area contributed by atoms with E-state index in [1.807, 2.05) is 0 Å². The molecule has 0 bridgehead atoms. The van der Waals surface area contributed by atoms with Gasteiger partial charge in [0.1, 0.15) is 29.0 Å². The largest absolute Gasteiger partial charge is 0.507 e. The van der Waals surface area contributed by atoms with Crippen molar-refractivity contribution in [2.45, 2.75) is 65.1 Å². The number of aliphatic hydroxyl groups is 1. The summed E-state index contributed by atoms with van der Waals surface area (Å²) >= 11 is 0. The molecular formula is C22H27NO9. The molecule has 0 spiro atoms. The Morgan fingerprint density at radius 3 is 2.53 bits per heavy atom. The molecule has 0 radical (unpaired) electrons. The standard InChI is InChI=1S/C22H27NO9/c1-9(24)8-13-15(25)12-6-7-14(10(2)17(12)30-19(13)27)29-20-16(26)18(31-21(23)28)11(3)22(4,5)32-20/h6-7,11,16,18,20,25-26H,8H2,1-5H3,(H2,23,28)/t11-,16+,18+,20?/m1/s1. The van der Waals surface area contributed by atoms with E-state index in [0.29, 0.717) is 5.56 Å². The van der Waals surface area contributed by atoms with E-state index >= 15 is 0 Å². The van der Waals surface area contributed by atoms with Crippen LogP contribution in [-0.4, -0.2) is 46.2 Å². The lowest BCUT2D eigenvalue weighted by Crippen LogP contribution is -2.61. The Kier molecular flexibility index (Phi) is 6.21. The SMILES string of the molecule is CC(=O)Cc1c(O)c2ccc(OC3OC(C)(C)[C@H](C)[C@H](OC(N)=O)[C@@H]3O)c(C)c2oc1=O. The smallest absolute Gasteiger partial charge is 0.404 e. The molecule has 3 rings (SSSR count). The van der Waals surface area contributed by atoms with Crippen molar-refractivity contribution in [2.24, 2.45) is 11.7 Å². The molecule has 1 fully saturated rings. The molecule has 1 aromatic carbocycles. The van der Waals surface area contributed by atoms with Crippen LogP contribution in [0, 0.1) is 12.8 Å². The number of aliphatic hydroxyl groups excluding tert-OH is 1. The van der Waals surface area contributed by atoms with Crippen molar-refractivity contribution >= 4 is 22.8 Å². The summed E-state index contributed by atoms with van der Waals surface area (Å²) in [5.41, 5.74) is 3.80. The van der Waals surface area contributed by atoms with Crippen molar-refractivity contribution in [1.82, 2.24) is 0 Å². The number of aromatic hydroxyl groups is 1. The third kappa shape index (κ3) is 4.28. The highest BCUT2D eigenvalue weighted by atomic mass is 16.7. The third-order valence-corrected chi connectivity index (χ3v) is 5.88. The van der Waals surface area contributed by atoms with Gasteiger partial charge in [0.15, 0.2) is 6.10 Å². The topological polar surface area (TPSA) is 159 Å². The summed E-state index contributed by atoms with van der Waals surface area (Å²) in [5.74, 6) is -0.805. The van der Waals surface area contributed by atoms with Crippen molar-refractivity contribution in [3.63, 3.8) is 0 Å². The van der Waals surface area contributed by atoms with Crippen LogP contribution in [0.4, 0.5) is 4.79 Å². The fourth-order valence-corrected chi connectivity index (χ4v) is 3.79. The molecule has 1 aliphatic rings. The number of Topliss-reactive ketones (excluding diaryl/α,β-unsaturated/α-hetero) is 1. The van der Waals surface area contributed by atoms with Crippen LogP contribution in [0.2, 0.25) is 0 Å². The predicted octanol–water partition coefficient (Wildman–Crippen LogP) is 1.91. The third-order valence-electron chi connectivity index (χ3n) is 5.88. The van der Waals surface area contributed by atoms with Gasteiger partial charge >= 0.3 is 11.7 Å². The normalized spacial score (nSPS) is 24.8. The van der Waals surface area contributed by atoms with Gasteiger partial charge in [-0.2, -0.15) is 0 Å². The van der Waals surface area contributed by atoms with Crippen LogP contribution in [0.15, 0.2) is 21.3 Å². The van der Waals surface area contributed by atoms with E-state index < -0.39 is 41.7 Å². The fraction of sp³-hybridized carbons (Fsp3) is 0.500. The Morgan fingerprint density at radius 1 is 1.28 bits per heavy atom. The molecule has 1 amide bonds. The van der Waals surface area contributed by atoms with E-state index in [4.69, 9.17) is 24.4 Å². The molecule has 32 heavy (non-hydrogen) atoms. The highest BCUT2D eigenvalue weighted by molar-refractivity contribution is 5.89. The molecule has 174 valence electrons. The molecule has 2 heterocycles. The van der Waals surface area contributed by atoms with E-state index in [-0.39, 0.29) is 40.2 Å². The molecule has 4 atom stereocenters. The van der Waals surface area contributed by atoms with Gasteiger partial charge in [-0.25, -0.2) is 9.59 Å². The number of ether oxygens (including phenoxy) is 3. The minimum absolute atomic E-state index is 0.0696. The second-order valence-electron chi connectivity index (χ2n) is 8.55. The average molecular weight is 449 g/mol. The lowest BCUT2D eigenvalue weighted by Gasteiger charge is -2.47. The number of fused-ring (bicyclic) bond motifs is 1. The van der Waals surface area contributed by atoms with Crippen LogP contribution >= 0.6 is 0 Å². The van der Waals surface area contributed by atoms with Gasteiger partial charge in [0.25, 0.3) is 0 Å². The van der Waals surface area contributed by atoms with Crippen molar-refractivity contribution in [2.75, 3.05) is 0 Å². The maximum atomic E-state index is 12.3. The molecule has 10 heteroatoms. The highest BCUT2D eigenvalue weighted by Gasteiger charge is 2.50. The predicted molar refractivity (Wildman–Crippen MR) is 112 cm³/mol. The summed E-state index contributed by atoms with van der Waals surface area (Å²) < 4.78 is 22.2. The number of primary amides is 1. The van der Waals surface area contributed by atoms with E-state index in [1.54, 1.807) is 27.7 Å². The number of hydrogen-bond acceptors (Lipinski definition) is 9. The van der Waals surface area contributed by atoms with E-state index in [1.165, 1.54) is 19.1 Å². The number of carbonyl (C=O) groups excluding carboxylic acids is 2. The molecule has 10 nitrogen and oxygen atoms in total. The molecule has 1 aliphatic heterocycles. The van der Waals surface area contributed by atoms with E-state index in [0.717, 1.165) is 0 Å². The van der Waals surface area contributed by atoms with Crippen molar-refractivity contribution < 1.29 is 38.4 Å². The van der Waals surface area contributed by atoms with Gasteiger partial charge in [-0.05, 0) is 39.8 Å². The van der Waals surface area contributed by atoms with Gasteiger partial charge in [0, 0.05) is 17.9 Å². The summed E-state index contributed by atoms with van der Waals surface area (Å²) in [6.45, 7) is 8.18. The van der Waals surface area contributed by atoms with Crippen LogP contribution in [0.1, 0.15) is 38.8 Å². The van der Waals surface area contributed by atoms with Crippen LogP contribution in [-0.2, 0) is 20.7 Å². The van der Waals surface area contributed by atoms with Gasteiger partial charge in [-0.1, -0.05) is 6.92 Å². The zero-order chi connectivity index (χ0) is 24.0. The number of carbonyl (C=O) groups is 2. The van der Waals surface area contributed by atoms with Gasteiger partial charge in [0.05, 0.1) is 16.6 Å². The van der Waals surface area contributed by atoms with Crippen LogP contribution in [0.25, 0.3) is 11.0 Å². The Balaban J connectivity index is 1.99. The number of benzene rings is 1. The van der Waals surface area contributed by atoms with Crippen LogP contribution < -0.4 is 16.1 Å². The van der Waals surface area contributed by atoms with Gasteiger partial charge < -0.3 is 34.6 Å². The molecular weight excluding hydrogens is 422 g/mol. The lowest BCUT2D eigenvalue weighted by molar-refractivity contribution is -0.283. The van der Waals surface area contributed by atoms with E-state index in [9.17, 15) is 24.6 Å². The summed E-state index contributed by atoms with van der Waals surface area (Å²) in [6.07, 6.45) is -4.83. The Morgan fingerprint density at radius 2 is 1.94 bits per heavy atom. The number of rotatable bonds is 5. The van der Waals surface area contributed by atoms with Crippen molar-refractivity contribution in [1.29, 1.82) is 0 Å². The second kappa shape index (κ2) is 8.44. The van der Waals surface area contributed by atoms with Gasteiger partial charge in [-0.15, -0.1) is 0 Å². The average Bonchev–Trinajstić information content (AvgIpc) is 2.68. The molecule has 0 aliphatic carbocycles. The zero-order valence-electron chi connectivity index (χ0n) is 18.5. The number of ketones is 1. The molecule has 4 N–H and O–H groups in total. The molecule has 1 aromatic heterocycles. The summed E-state index contributed by atoms with van der Waals surface area (Å²) in [5, 5.41) is 21.5.